The third-order valence-electron chi connectivity index (χ3n) is 4.14. The molecule has 2 rings (SSSR count). The normalized spacial score (nSPS) is 22.0. The topological polar surface area (TPSA) is 58.4 Å². The fourth-order valence-corrected chi connectivity index (χ4v) is 2.61. The molecule has 0 saturated carbocycles. The molecule has 1 aromatic carbocycles. The first-order chi connectivity index (χ1) is 9.82. The third-order valence-corrected chi connectivity index (χ3v) is 4.14. The van der Waals surface area contributed by atoms with Gasteiger partial charge in [-0.2, -0.15) is 0 Å². The summed E-state index contributed by atoms with van der Waals surface area (Å²) in [5.41, 5.74) is 6.34. The lowest BCUT2D eigenvalue weighted by atomic mass is 9.89. The van der Waals surface area contributed by atoms with Crippen LogP contribution in [0.2, 0.25) is 0 Å². The number of amides is 1. The SMILES string of the molecule is CC(C)NCc1ccc(N2CCC(C)(C(N)=O)C2)c(F)c1. The van der Waals surface area contributed by atoms with Crippen molar-refractivity contribution in [2.75, 3.05) is 18.0 Å². The lowest BCUT2D eigenvalue weighted by Crippen LogP contribution is -2.37. The average molecular weight is 293 g/mol. The molecule has 1 saturated heterocycles. The zero-order chi connectivity index (χ0) is 15.6. The Labute approximate surface area is 125 Å². The van der Waals surface area contributed by atoms with E-state index in [1.165, 1.54) is 0 Å². The minimum absolute atomic E-state index is 0.244. The maximum atomic E-state index is 14.3. The molecule has 1 aliphatic rings. The van der Waals surface area contributed by atoms with Crippen LogP contribution in [0.25, 0.3) is 0 Å². The van der Waals surface area contributed by atoms with Gasteiger partial charge in [0.1, 0.15) is 5.82 Å². The van der Waals surface area contributed by atoms with E-state index in [9.17, 15) is 9.18 Å². The summed E-state index contributed by atoms with van der Waals surface area (Å²) in [7, 11) is 0. The highest BCUT2D eigenvalue weighted by atomic mass is 19.1. The number of nitrogens with one attached hydrogen (secondary N) is 1. The van der Waals surface area contributed by atoms with Gasteiger partial charge >= 0.3 is 0 Å². The molecule has 0 aliphatic carbocycles. The van der Waals surface area contributed by atoms with Crippen molar-refractivity contribution in [1.29, 1.82) is 0 Å². The molecule has 0 aromatic heterocycles. The monoisotopic (exact) mass is 293 g/mol. The van der Waals surface area contributed by atoms with Crippen LogP contribution >= 0.6 is 0 Å². The van der Waals surface area contributed by atoms with Gasteiger partial charge < -0.3 is 16.0 Å². The summed E-state index contributed by atoms with van der Waals surface area (Å²) in [4.78, 5) is 13.4. The zero-order valence-corrected chi connectivity index (χ0v) is 12.9. The zero-order valence-electron chi connectivity index (χ0n) is 12.9. The molecule has 1 atom stereocenters. The Morgan fingerprint density at radius 2 is 2.24 bits per heavy atom. The fraction of sp³-hybridized carbons (Fsp3) is 0.562. The van der Waals surface area contributed by atoms with Gasteiger partial charge in [0.2, 0.25) is 5.91 Å². The van der Waals surface area contributed by atoms with Crippen LogP contribution in [0.5, 0.6) is 0 Å². The molecular formula is C16H24FN3O. The minimum Gasteiger partial charge on any atom is -0.369 e. The number of carbonyl (C=O) groups is 1. The number of primary amides is 1. The predicted octanol–water partition coefficient (Wildman–Crippen LogP) is 2.03. The maximum Gasteiger partial charge on any atom is 0.225 e. The van der Waals surface area contributed by atoms with Crippen LogP contribution in [0.4, 0.5) is 10.1 Å². The summed E-state index contributed by atoms with van der Waals surface area (Å²) in [5.74, 6) is -0.560. The molecule has 4 nitrogen and oxygen atoms in total. The summed E-state index contributed by atoms with van der Waals surface area (Å²) in [5, 5.41) is 3.26. The number of hydrogen-bond acceptors (Lipinski definition) is 3. The summed E-state index contributed by atoms with van der Waals surface area (Å²) in [6.07, 6.45) is 0.665. The molecule has 1 aromatic rings. The van der Waals surface area contributed by atoms with Crippen LogP contribution in [-0.4, -0.2) is 25.0 Å². The number of hydrogen-bond donors (Lipinski definition) is 2. The molecular weight excluding hydrogens is 269 g/mol. The number of halogens is 1. The van der Waals surface area contributed by atoms with Crippen molar-refractivity contribution in [3.63, 3.8) is 0 Å². The third kappa shape index (κ3) is 3.53. The first-order valence-corrected chi connectivity index (χ1v) is 7.38. The molecule has 1 amide bonds. The van der Waals surface area contributed by atoms with Crippen LogP contribution in [0.1, 0.15) is 32.8 Å². The van der Waals surface area contributed by atoms with Gasteiger partial charge in [-0.3, -0.25) is 4.79 Å². The van der Waals surface area contributed by atoms with Crippen LogP contribution in [-0.2, 0) is 11.3 Å². The summed E-state index contributed by atoms with van der Waals surface area (Å²) in [6.45, 7) is 7.73. The lowest BCUT2D eigenvalue weighted by molar-refractivity contribution is -0.125. The van der Waals surface area contributed by atoms with Gasteiger partial charge in [0.05, 0.1) is 11.1 Å². The second kappa shape index (κ2) is 6.02. The highest BCUT2D eigenvalue weighted by Gasteiger charge is 2.39. The summed E-state index contributed by atoms with van der Waals surface area (Å²) in [6, 6.07) is 5.64. The summed E-state index contributed by atoms with van der Waals surface area (Å²) < 4.78 is 14.3. The van der Waals surface area contributed by atoms with Crippen molar-refractivity contribution in [2.45, 2.75) is 39.8 Å². The van der Waals surface area contributed by atoms with E-state index in [4.69, 9.17) is 5.73 Å². The van der Waals surface area contributed by atoms with Crippen molar-refractivity contribution in [1.82, 2.24) is 5.32 Å². The van der Waals surface area contributed by atoms with E-state index in [0.29, 0.717) is 37.8 Å². The van der Waals surface area contributed by atoms with E-state index in [1.807, 2.05) is 17.9 Å². The van der Waals surface area contributed by atoms with Gasteiger partial charge in [-0.05, 0) is 31.0 Å². The Bertz CT molecular complexity index is 532. The van der Waals surface area contributed by atoms with E-state index >= 15 is 0 Å². The second-order valence-electron chi connectivity index (χ2n) is 6.42. The fourth-order valence-electron chi connectivity index (χ4n) is 2.61. The molecule has 1 aliphatic heterocycles. The quantitative estimate of drug-likeness (QED) is 0.873. The highest BCUT2D eigenvalue weighted by Crippen LogP contribution is 2.34. The number of benzene rings is 1. The number of nitrogens with zero attached hydrogens (tertiary/aromatic N) is 1. The Morgan fingerprint density at radius 1 is 1.52 bits per heavy atom. The summed E-state index contributed by atoms with van der Waals surface area (Å²) >= 11 is 0. The Hall–Kier alpha value is -1.62. The molecule has 3 N–H and O–H groups in total. The first kappa shape index (κ1) is 15.8. The molecule has 21 heavy (non-hydrogen) atoms. The Kier molecular flexibility index (Phi) is 4.52. The van der Waals surface area contributed by atoms with Gasteiger partial charge in [-0.15, -0.1) is 0 Å². The first-order valence-electron chi connectivity index (χ1n) is 7.38. The smallest absolute Gasteiger partial charge is 0.225 e. The predicted molar refractivity (Wildman–Crippen MR) is 82.5 cm³/mol. The minimum atomic E-state index is -0.565. The molecule has 116 valence electrons. The van der Waals surface area contributed by atoms with Crippen LogP contribution in [0.3, 0.4) is 0 Å². The van der Waals surface area contributed by atoms with E-state index in [-0.39, 0.29) is 11.7 Å². The standard InChI is InChI=1S/C16H24FN3O/c1-11(2)19-9-12-4-5-14(13(17)8-12)20-7-6-16(3,10-20)15(18)21/h4-5,8,11,19H,6-7,9-10H2,1-3H3,(H2,18,21). The Morgan fingerprint density at radius 3 is 2.76 bits per heavy atom. The van der Waals surface area contributed by atoms with Gasteiger partial charge in [-0.25, -0.2) is 4.39 Å². The van der Waals surface area contributed by atoms with Crippen molar-refractivity contribution in [2.24, 2.45) is 11.1 Å². The molecule has 0 radical (unpaired) electrons. The van der Waals surface area contributed by atoms with Gasteiger partial charge in [0, 0.05) is 25.7 Å². The van der Waals surface area contributed by atoms with Crippen molar-refractivity contribution < 1.29 is 9.18 Å². The molecule has 1 heterocycles. The van der Waals surface area contributed by atoms with Gasteiger partial charge in [0.25, 0.3) is 0 Å². The molecule has 1 unspecified atom stereocenters. The molecule has 5 heteroatoms. The van der Waals surface area contributed by atoms with E-state index in [2.05, 4.69) is 19.2 Å². The average Bonchev–Trinajstić information content (AvgIpc) is 2.80. The van der Waals surface area contributed by atoms with Crippen molar-refractivity contribution in [3.05, 3.63) is 29.6 Å². The largest absolute Gasteiger partial charge is 0.369 e. The lowest BCUT2D eigenvalue weighted by Gasteiger charge is -2.23. The van der Waals surface area contributed by atoms with Crippen LogP contribution in [0, 0.1) is 11.2 Å². The van der Waals surface area contributed by atoms with E-state index in [0.717, 1.165) is 5.56 Å². The molecule has 0 spiro atoms. The number of nitrogens with two attached hydrogens (primary N) is 1. The second-order valence-corrected chi connectivity index (χ2v) is 6.42. The van der Waals surface area contributed by atoms with Crippen molar-refractivity contribution in [3.8, 4) is 0 Å². The van der Waals surface area contributed by atoms with Crippen LogP contribution in [0.15, 0.2) is 18.2 Å². The number of carbonyl (C=O) groups excluding carboxylic acids is 1. The number of anilines is 1. The van der Waals surface area contributed by atoms with Gasteiger partial charge in [0.15, 0.2) is 0 Å². The number of rotatable bonds is 5. The van der Waals surface area contributed by atoms with E-state index in [1.54, 1.807) is 12.1 Å². The molecule has 1 fully saturated rings. The van der Waals surface area contributed by atoms with E-state index < -0.39 is 5.41 Å². The highest BCUT2D eigenvalue weighted by molar-refractivity contribution is 5.82. The maximum absolute atomic E-state index is 14.3. The Balaban J connectivity index is 2.10. The van der Waals surface area contributed by atoms with Gasteiger partial charge in [-0.1, -0.05) is 19.9 Å². The van der Waals surface area contributed by atoms with Crippen molar-refractivity contribution >= 4 is 11.6 Å². The molecule has 0 bridgehead atoms. The van der Waals surface area contributed by atoms with Crippen LogP contribution < -0.4 is 16.0 Å².